The van der Waals surface area contributed by atoms with Crippen molar-refractivity contribution in [3.05, 3.63) is 52.8 Å². The van der Waals surface area contributed by atoms with E-state index in [1.165, 1.54) is 25.1 Å². The maximum absolute atomic E-state index is 13.1. The number of nitriles is 1. The molecule has 3 aromatic rings. The van der Waals surface area contributed by atoms with E-state index < -0.39 is 29.2 Å². The first-order valence-electron chi connectivity index (χ1n) is 7.07. The Bertz CT molecular complexity index is 1040. The number of nitrogens with zero attached hydrogens (tertiary/aromatic N) is 4. The fourth-order valence-corrected chi connectivity index (χ4v) is 2.50. The summed E-state index contributed by atoms with van der Waals surface area (Å²) in [6.07, 6.45) is -9.52. The smallest absolute Gasteiger partial charge is 0.233 e. The van der Waals surface area contributed by atoms with E-state index in [9.17, 15) is 26.3 Å². The molecule has 0 aliphatic rings. The molecule has 0 fully saturated rings. The summed E-state index contributed by atoms with van der Waals surface area (Å²) >= 11 is 0. The van der Waals surface area contributed by atoms with Crippen LogP contribution in [0.3, 0.4) is 0 Å². The quantitative estimate of drug-likeness (QED) is 0.588. The molecule has 0 spiro atoms. The lowest BCUT2D eigenvalue weighted by Crippen LogP contribution is -2.08. The first kappa shape index (κ1) is 17.7. The molecule has 0 atom stereocenters. The number of hydrogen-bond acceptors (Lipinski definition) is 3. The maximum Gasteiger partial charge on any atom is 0.436 e. The van der Waals surface area contributed by atoms with Crippen LogP contribution in [0.5, 0.6) is 0 Å². The Labute approximate surface area is 142 Å². The minimum absolute atomic E-state index is 0.00367. The van der Waals surface area contributed by atoms with Crippen molar-refractivity contribution in [1.29, 1.82) is 5.26 Å². The summed E-state index contributed by atoms with van der Waals surface area (Å²) in [5, 5.41) is 12.5. The van der Waals surface area contributed by atoms with Crippen molar-refractivity contribution < 1.29 is 26.3 Å². The summed E-state index contributed by atoms with van der Waals surface area (Å²) in [5.74, 6) is 0. The van der Waals surface area contributed by atoms with Gasteiger partial charge in [-0.25, -0.2) is 9.50 Å². The zero-order valence-corrected chi connectivity index (χ0v) is 12.9. The average Bonchev–Trinajstić information content (AvgIpc) is 2.92. The molecule has 26 heavy (non-hydrogen) atoms. The van der Waals surface area contributed by atoms with Crippen molar-refractivity contribution >= 4 is 5.65 Å². The Hall–Kier alpha value is -3.09. The van der Waals surface area contributed by atoms with E-state index in [-0.39, 0.29) is 22.6 Å². The molecule has 4 nitrogen and oxygen atoms in total. The first-order chi connectivity index (χ1) is 12.0. The van der Waals surface area contributed by atoms with Gasteiger partial charge in [-0.3, -0.25) is 0 Å². The largest absolute Gasteiger partial charge is 0.436 e. The highest BCUT2D eigenvalue weighted by Gasteiger charge is 2.39. The normalized spacial score (nSPS) is 12.4. The average molecular weight is 370 g/mol. The topological polar surface area (TPSA) is 54.0 Å². The molecule has 0 saturated heterocycles. The van der Waals surface area contributed by atoms with Gasteiger partial charge in [0.05, 0.1) is 11.3 Å². The standard InChI is InChI=1S/C16H8F6N4/c1-8-5-12(9-3-2-4-10(6-9)15(17,18)19)26-14(24-8)11(7-23)13(25-26)16(20,21)22/h2-6H,1H3. The van der Waals surface area contributed by atoms with Gasteiger partial charge in [-0.1, -0.05) is 12.1 Å². The molecule has 0 amide bonds. The fourth-order valence-electron chi connectivity index (χ4n) is 2.50. The number of fused-ring (bicyclic) bond motifs is 1. The monoisotopic (exact) mass is 370 g/mol. The zero-order chi connectivity index (χ0) is 19.3. The van der Waals surface area contributed by atoms with E-state index in [1.807, 2.05) is 0 Å². The minimum Gasteiger partial charge on any atom is -0.233 e. The van der Waals surface area contributed by atoms with Gasteiger partial charge in [0.1, 0.15) is 11.6 Å². The van der Waals surface area contributed by atoms with Gasteiger partial charge in [0.2, 0.25) is 0 Å². The summed E-state index contributed by atoms with van der Waals surface area (Å²) in [6.45, 7) is 1.46. The van der Waals surface area contributed by atoms with Gasteiger partial charge in [0.15, 0.2) is 11.3 Å². The van der Waals surface area contributed by atoms with Crippen molar-refractivity contribution in [1.82, 2.24) is 14.6 Å². The molecule has 1 aromatic carbocycles. The van der Waals surface area contributed by atoms with E-state index >= 15 is 0 Å². The Kier molecular flexibility index (Phi) is 3.90. The molecular weight excluding hydrogens is 362 g/mol. The van der Waals surface area contributed by atoms with Crippen molar-refractivity contribution in [3.8, 4) is 17.3 Å². The highest BCUT2D eigenvalue weighted by atomic mass is 19.4. The lowest BCUT2D eigenvalue weighted by Gasteiger charge is -2.10. The van der Waals surface area contributed by atoms with Gasteiger partial charge in [0.25, 0.3) is 0 Å². The Morgan fingerprint density at radius 1 is 1.04 bits per heavy atom. The van der Waals surface area contributed by atoms with Crippen LogP contribution in [0.2, 0.25) is 0 Å². The number of benzene rings is 1. The molecule has 10 heteroatoms. The van der Waals surface area contributed by atoms with E-state index in [0.29, 0.717) is 0 Å². The van der Waals surface area contributed by atoms with Crippen LogP contribution in [-0.4, -0.2) is 14.6 Å². The molecule has 0 bridgehead atoms. The fraction of sp³-hybridized carbons (Fsp3) is 0.188. The number of aryl methyl sites for hydroxylation is 1. The van der Waals surface area contributed by atoms with Crippen molar-refractivity contribution in [3.63, 3.8) is 0 Å². The second kappa shape index (κ2) is 5.72. The second-order valence-corrected chi connectivity index (χ2v) is 5.43. The summed E-state index contributed by atoms with van der Waals surface area (Å²) in [7, 11) is 0. The molecule has 3 rings (SSSR count). The molecule has 0 N–H and O–H groups in total. The molecular formula is C16H8F6N4. The molecule has 134 valence electrons. The SMILES string of the molecule is Cc1cc(-c2cccc(C(F)(F)F)c2)n2nc(C(F)(F)F)c(C#N)c2n1. The maximum atomic E-state index is 13.1. The van der Waals surface area contributed by atoms with Gasteiger partial charge in [-0.05, 0) is 25.1 Å². The third-order valence-electron chi connectivity index (χ3n) is 3.58. The predicted octanol–water partition coefficient (Wildman–Crippen LogP) is 4.61. The molecule has 0 saturated carbocycles. The van der Waals surface area contributed by atoms with Gasteiger partial charge in [-0.15, -0.1) is 0 Å². The van der Waals surface area contributed by atoms with Crippen LogP contribution in [0, 0.1) is 18.3 Å². The third kappa shape index (κ3) is 2.96. The number of halogens is 6. The summed E-state index contributed by atoms with van der Waals surface area (Å²) < 4.78 is 78.9. The summed E-state index contributed by atoms with van der Waals surface area (Å²) in [5.41, 5.74) is -3.36. The lowest BCUT2D eigenvalue weighted by molar-refractivity contribution is -0.141. The van der Waals surface area contributed by atoms with Gasteiger partial charge >= 0.3 is 12.4 Å². The number of hydrogen-bond donors (Lipinski definition) is 0. The summed E-state index contributed by atoms with van der Waals surface area (Å²) in [6, 6.07) is 6.82. The Balaban J connectivity index is 2.35. The third-order valence-corrected chi connectivity index (χ3v) is 3.58. The van der Waals surface area contributed by atoms with Gasteiger partial charge in [-0.2, -0.15) is 36.7 Å². The molecule has 0 radical (unpaired) electrons. The number of alkyl halides is 6. The van der Waals surface area contributed by atoms with Crippen molar-refractivity contribution in [2.75, 3.05) is 0 Å². The highest BCUT2D eigenvalue weighted by molar-refractivity contribution is 5.68. The van der Waals surface area contributed by atoms with Crippen LogP contribution in [0.15, 0.2) is 30.3 Å². The Morgan fingerprint density at radius 3 is 2.31 bits per heavy atom. The number of rotatable bonds is 1. The summed E-state index contributed by atoms with van der Waals surface area (Å²) in [4.78, 5) is 3.89. The van der Waals surface area contributed by atoms with E-state index in [1.54, 1.807) is 0 Å². The van der Waals surface area contributed by atoms with Crippen LogP contribution < -0.4 is 0 Å². The molecule has 2 aromatic heterocycles. The Morgan fingerprint density at radius 2 is 1.73 bits per heavy atom. The van der Waals surface area contributed by atoms with Crippen LogP contribution >= 0.6 is 0 Å². The molecule has 0 aliphatic heterocycles. The van der Waals surface area contributed by atoms with Crippen LogP contribution in [-0.2, 0) is 12.4 Å². The first-order valence-corrected chi connectivity index (χ1v) is 7.07. The molecule has 0 aliphatic carbocycles. The van der Waals surface area contributed by atoms with Crippen molar-refractivity contribution in [2.45, 2.75) is 19.3 Å². The lowest BCUT2D eigenvalue weighted by atomic mass is 10.1. The molecule has 0 unspecified atom stereocenters. The van der Waals surface area contributed by atoms with Crippen LogP contribution in [0.1, 0.15) is 22.5 Å². The van der Waals surface area contributed by atoms with Crippen molar-refractivity contribution in [2.24, 2.45) is 0 Å². The number of aromatic nitrogens is 3. The molecule has 2 heterocycles. The van der Waals surface area contributed by atoms with E-state index in [2.05, 4.69) is 10.1 Å². The van der Waals surface area contributed by atoms with Gasteiger partial charge < -0.3 is 0 Å². The van der Waals surface area contributed by atoms with Crippen LogP contribution in [0.4, 0.5) is 26.3 Å². The van der Waals surface area contributed by atoms with Crippen LogP contribution in [0.25, 0.3) is 16.9 Å². The second-order valence-electron chi connectivity index (χ2n) is 5.43. The minimum atomic E-state index is -4.91. The van der Waals surface area contributed by atoms with Gasteiger partial charge in [0, 0.05) is 11.3 Å². The zero-order valence-electron chi connectivity index (χ0n) is 12.9. The highest BCUT2D eigenvalue weighted by Crippen LogP contribution is 2.35. The van der Waals surface area contributed by atoms with E-state index in [0.717, 1.165) is 22.7 Å². The predicted molar refractivity (Wildman–Crippen MR) is 77.9 cm³/mol. The van der Waals surface area contributed by atoms with E-state index in [4.69, 9.17) is 5.26 Å².